The first kappa shape index (κ1) is 19.4. The van der Waals surface area contributed by atoms with Gasteiger partial charge in [-0.05, 0) is 32.2 Å². The molecule has 8 heteroatoms. The number of likely N-dealkylation sites (N-methyl/N-ethyl adjacent to an activating group) is 1. The predicted molar refractivity (Wildman–Crippen MR) is 95.6 cm³/mol. The number of hydrogen-bond donors (Lipinski definition) is 1. The molecule has 1 aromatic heterocycles. The maximum atomic E-state index is 11.6. The third kappa shape index (κ3) is 4.36. The monoisotopic (exact) mass is 366 g/mol. The van der Waals surface area contributed by atoms with Gasteiger partial charge in [0, 0.05) is 30.8 Å². The summed E-state index contributed by atoms with van der Waals surface area (Å²) in [7, 11) is 3.66. The molecule has 1 saturated heterocycles. The Labute approximate surface area is 153 Å². The van der Waals surface area contributed by atoms with Gasteiger partial charge in [-0.15, -0.1) is 12.4 Å². The van der Waals surface area contributed by atoms with Crippen molar-refractivity contribution in [3.63, 3.8) is 0 Å². The fraction of sp³-hybridized carbons (Fsp3) is 0.471. The lowest BCUT2D eigenvalue weighted by Crippen LogP contribution is -2.44. The number of nitrogens with zero attached hydrogens (tertiary/aromatic N) is 3. The summed E-state index contributed by atoms with van der Waals surface area (Å²) in [4.78, 5) is 18.3. The second-order valence-electron chi connectivity index (χ2n) is 6.01. The fourth-order valence-corrected chi connectivity index (χ4v) is 2.87. The van der Waals surface area contributed by atoms with E-state index in [1.165, 1.54) is 0 Å². The zero-order chi connectivity index (χ0) is 17.1. The number of rotatable bonds is 5. The molecule has 3 rings (SSSR count). The molecule has 2 aromatic rings. The number of carbonyl (C=O) groups excluding carboxylic acids is 1. The SMILES string of the molecule is COc1ccc(C(C)=O)cc1Cc1nc(C2CNCCN2C)no1.Cl. The van der Waals surface area contributed by atoms with E-state index in [1.807, 2.05) is 6.07 Å². The van der Waals surface area contributed by atoms with Crippen molar-refractivity contribution in [1.29, 1.82) is 0 Å². The van der Waals surface area contributed by atoms with Crippen LogP contribution in [0.3, 0.4) is 0 Å². The van der Waals surface area contributed by atoms with Gasteiger partial charge in [0.1, 0.15) is 5.75 Å². The van der Waals surface area contributed by atoms with Crippen LogP contribution in [0.15, 0.2) is 22.7 Å². The molecule has 1 fully saturated rings. The number of ether oxygens (including phenoxy) is 1. The zero-order valence-corrected chi connectivity index (χ0v) is 15.4. The van der Waals surface area contributed by atoms with Gasteiger partial charge in [-0.1, -0.05) is 5.16 Å². The van der Waals surface area contributed by atoms with Gasteiger partial charge in [0.15, 0.2) is 11.6 Å². The van der Waals surface area contributed by atoms with E-state index >= 15 is 0 Å². The topological polar surface area (TPSA) is 80.5 Å². The van der Waals surface area contributed by atoms with Crippen LogP contribution in [0.1, 0.15) is 40.6 Å². The van der Waals surface area contributed by atoms with Crippen LogP contribution in [0.25, 0.3) is 0 Å². The van der Waals surface area contributed by atoms with Gasteiger partial charge in [0.2, 0.25) is 5.89 Å². The van der Waals surface area contributed by atoms with E-state index in [4.69, 9.17) is 9.26 Å². The average Bonchev–Trinajstić information content (AvgIpc) is 3.03. The summed E-state index contributed by atoms with van der Waals surface area (Å²) >= 11 is 0. The Morgan fingerprint density at radius 3 is 2.96 bits per heavy atom. The average molecular weight is 367 g/mol. The molecule has 1 atom stereocenters. The summed E-state index contributed by atoms with van der Waals surface area (Å²) in [5.41, 5.74) is 1.50. The number of halogens is 1. The van der Waals surface area contributed by atoms with Crippen LogP contribution in [0, 0.1) is 0 Å². The molecule has 0 aliphatic carbocycles. The van der Waals surface area contributed by atoms with Crippen molar-refractivity contribution in [3.05, 3.63) is 41.0 Å². The maximum Gasteiger partial charge on any atom is 0.231 e. The first-order valence-corrected chi connectivity index (χ1v) is 7.99. The van der Waals surface area contributed by atoms with Crippen LogP contribution in [0.5, 0.6) is 5.75 Å². The molecule has 0 radical (unpaired) electrons. The minimum Gasteiger partial charge on any atom is -0.496 e. The number of aromatic nitrogens is 2. The van der Waals surface area contributed by atoms with Crippen LogP contribution >= 0.6 is 12.4 Å². The zero-order valence-electron chi connectivity index (χ0n) is 14.6. The number of benzene rings is 1. The second kappa shape index (κ2) is 8.42. The lowest BCUT2D eigenvalue weighted by atomic mass is 10.0. The highest BCUT2D eigenvalue weighted by molar-refractivity contribution is 5.94. The van der Waals surface area contributed by atoms with Crippen molar-refractivity contribution >= 4 is 18.2 Å². The molecule has 0 saturated carbocycles. The highest BCUT2D eigenvalue weighted by Crippen LogP contribution is 2.24. The Balaban J connectivity index is 0.00000225. The number of carbonyl (C=O) groups is 1. The summed E-state index contributed by atoms with van der Waals surface area (Å²) in [5, 5.41) is 7.46. The van der Waals surface area contributed by atoms with E-state index in [9.17, 15) is 4.79 Å². The Morgan fingerprint density at radius 1 is 1.48 bits per heavy atom. The van der Waals surface area contributed by atoms with E-state index in [2.05, 4.69) is 27.4 Å². The molecule has 1 aliphatic rings. The number of piperazine rings is 1. The molecule has 0 spiro atoms. The van der Waals surface area contributed by atoms with Crippen molar-refractivity contribution in [2.24, 2.45) is 0 Å². The summed E-state index contributed by atoms with van der Waals surface area (Å²) in [5.74, 6) is 1.92. The predicted octanol–water partition coefficient (Wildman–Crippen LogP) is 1.87. The van der Waals surface area contributed by atoms with Crippen LogP contribution in [0.4, 0.5) is 0 Å². The van der Waals surface area contributed by atoms with E-state index < -0.39 is 0 Å². The van der Waals surface area contributed by atoms with Crippen LogP contribution < -0.4 is 10.1 Å². The number of nitrogens with one attached hydrogen (secondary N) is 1. The quantitative estimate of drug-likeness (QED) is 0.809. The standard InChI is InChI=1S/C17H22N4O3.ClH/c1-11(22)12-4-5-15(23-3)13(8-12)9-16-19-17(20-24-16)14-10-18-6-7-21(14)2;/h4-5,8,14,18H,6-7,9-10H2,1-3H3;1H. The van der Waals surface area contributed by atoms with Gasteiger partial charge >= 0.3 is 0 Å². The van der Waals surface area contributed by atoms with E-state index in [0.717, 1.165) is 25.2 Å². The highest BCUT2D eigenvalue weighted by Gasteiger charge is 2.25. The Kier molecular flexibility index (Phi) is 6.52. The molecule has 1 aromatic carbocycles. The Hall–Kier alpha value is -1.96. The smallest absolute Gasteiger partial charge is 0.231 e. The maximum absolute atomic E-state index is 11.6. The number of Topliss-reactive ketones (excluding diaryl/α,β-unsaturated/α-hetero) is 1. The molecule has 1 N–H and O–H groups in total. The molecule has 7 nitrogen and oxygen atoms in total. The molecule has 25 heavy (non-hydrogen) atoms. The van der Waals surface area contributed by atoms with Gasteiger partial charge in [-0.2, -0.15) is 4.98 Å². The van der Waals surface area contributed by atoms with E-state index in [0.29, 0.717) is 29.4 Å². The van der Waals surface area contributed by atoms with Gasteiger partial charge in [0.25, 0.3) is 0 Å². The number of ketones is 1. The van der Waals surface area contributed by atoms with Crippen molar-refractivity contribution in [3.8, 4) is 5.75 Å². The van der Waals surface area contributed by atoms with Crippen LogP contribution in [-0.4, -0.2) is 54.6 Å². The normalized spacial score (nSPS) is 17.8. The summed E-state index contributed by atoms with van der Waals surface area (Å²) < 4.78 is 10.8. The third-order valence-corrected chi connectivity index (χ3v) is 4.32. The van der Waals surface area contributed by atoms with Crippen molar-refractivity contribution in [2.75, 3.05) is 33.8 Å². The van der Waals surface area contributed by atoms with Gasteiger partial charge < -0.3 is 14.6 Å². The highest BCUT2D eigenvalue weighted by atomic mass is 35.5. The summed E-state index contributed by atoms with van der Waals surface area (Å²) in [6.07, 6.45) is 0.432. The molecule has 2 heterocycles. The van der Waals surface area contributed by atoms with Crippen LogP contribution in [0.2, 0.25) is 0 Å². The molecule has 136 valence electrons. The third-order valence-electron chi connectivity index (χ3n) is 4.32. The minimum atomic E-state index is 0. The first-order chi connectivity index (χ1) is 11.6. The molecule has 0 amide bonds. The van der Waals surface area contributed by atoms with Crippen molar-refractivity contribution in [2.45, 2.75) is 19.4 Å². The fourth-order valence-electron chi connectivity index (χ4n) is 2.87. The van der Waals surface area contributed by atoms with Crippen LogP contribution in [-0.2, 0) is 6.42 Å². The number of hydrogen-bond acceptors (Lipinski definition) is 7. The van der Waals surface area contributed by atoms with Gasteiger partial charge in [0.05, 0.1) is 19.6 Å². The largest absolute Gasteiger partial charge is 0.496 e. The van der Waals surface area contributed by atoms with Crippen molar-refractivity contribution in [1.82, 2.24) is 20.4 Å². The molecular weight excluding hydrogens is 344 g/mol. The molecule has 0 bridgehead atoms. The van der Waals surface area contributed by atoms with Gasteiger partial charge in [-0.3, -0.25) is 9.69 Å². The van der Waals surface area contributed by atoms with E-state index in [-0.39, 0.29) is 24.2 Å². The molecular formula is C17H23ClN4O3. The molecule has 1 unspecified atom stereocenters. The van der Waals surface area contributed by atoms with Crippen molar-refractivity contribution < 1.29 is 14.1 Å². The van der Waals surface area contributed by atoms with Gasteiger partial charge in [-0.25, -0.2) is 0 Å². The summed E-state index contributed by atoms with van der Waals surface area (Å²) in [6.45, 7) is 4.26. The second-order valence-corrected chi connectivity index (χ2v) is 6.01. The summed E-state index contributed by atoms with van der Waals surface area (Å²) in [6, 6.07) is 5.48. The lowest BCUT2D eigenvalue weighted by Gasteiger charge is -2.30. The Morgan fingerprint density at radius 2 is 2.28 bits per heavy atom. The Bertz CT molecular complexity index is 734. The van der Waals surface area contributed by atoms with E-state index in [1.54, 1.807) is 26.2 Å². The first-order valence-electron chi connectivity index (χ1n) is 7.99. The lowest BCUT2D eigenvalue weighted by molar-refractivity contribution is 0.101. The molecule has 1 aliphatic heterocycles. The minimum absolute atomic E-state index is 0. The number of methoxy groups -OCH3 is 1.